The van der Waals surface area contributed by atoms with E-state index in [9.17, 15) is 4.79 Å². The number of rotatable bonds is 10. The minimum Gasteiger partial charge on any atom is -0.466 e. The first kappa shape index (κ1) is 26.3. The molecule has 0 saturated carbocycles. The Bertz CT molecular complexity index is 983. The van der Waals surface area contributed by atoms with E-state index in [1.54, 1.807) is 0 Å². The summed E-state index contributed by atoms with van der Waals surface area (Å²) in [6, 6.07) is 11.1. The maximum atomic E-state index is 11.5. The lowest BCUT2D eigenvalue weighted by molar-refractivity contribution is -0.134. The van der Waals surface area contributed by atoms with Gasteiger partial charge in [-0.25, -0.2) is 4.79 Å². The van der Waals surface area contributed by atoms with Gasteiger partial charge >= 0.3 is 5.97 Å². The van der Waals surface area contributed by atoms with Gasteiger partial charge in [-0.1, -0.05) is 39.0 Å². The Hall–Kier alpha value is -2.28. The third kappa shape index (κ3) is 6.87. The van der Waals surface area contributed by atoms with Crippen molar-refractivity contribution in [1.29, 1.82) is 0 Å². The second-order valence-electron chi connectivity index (χ2n) is 10.6. The lowest BCUT2D eigenvalue weighted by atomic mass is 10.0. The number of benzene rings is 1. The minimum atomic E-state index is -1.78. The van der Waals surface area contributed by atoms with Crippen LogP contribution in [-0.4, -0.2) is 51.0 Å². The summed E-state index contributed by atoms with van der Waals surface area (Å²) in [7, 11) is -0.381. The fourth-order valence-electron chi connectivity index (χ4n) is 4.21. The molecule has 0 saturated heterocycles. The highest BCUT2D eigenvalue weighted by atomic mass is 28.4. The standard InChI is InChI=1S/C28H40N2O3Si/c1-28(2,3)34(5,6)33-20-19-30(18-15-22-13-16-29-17-14-22)26-11-9-24-21-23(7-10-25(24)26)8-12-27(31)32-4/h7-8,10,12-14,16-17,21,26H,9,11,15,18-20H2,1-6H3/b12-8+. The molecular weight excluding hydrogens is 440 g/mol. The number of aryl methyl sites for hydroxylation is 1. The topological polar surface area (TPSA) is 51.7 Å². The highest BCUT2D eigenvalue weighted by molar-refractivity contribution is 6.74. The van der Waals surface area contributed by atoms with E-state index < -0.39 is 8.32 Å². The summed E-state index contributed by atoms with van der Waals surface area (Å²) >= 11 is 0. The van der Waals surface area contributed by atoms with Crippen molar-refractivity contribution in [3.8, 4) is 0 Å². The van der Waals surface area contributed by atoms with E-state index in [2.05, 4.69) is 74.1 Å². The van der Waals surface area contributed by atoms with Crippen LogP contribution < -0.4 is 0 Å². The molecule has 2 aromatic rings. The maximum absolute atomic E-state index is 11.5. The fourth-order valence-corrected chi connectivity index (χ4v) is 5.25. The molecule has 1 unspecified atom stereocenters. The van der Waals surface area contributed by atoms with Crippen molar-refractivity contribution in [1.82, 2.24) is 9.88 Å². The molecule has 6 heteroatoms. The van der Waals surface area contributed by atoms with Crippen molar-refractivity contribution in [2.75, 3.05) is 26.8 Å². The van der Waals surface area contributed by atoms with Crippen LogP contribution in [0.15, 0.2) is 48.8 Å². The zero-order valence-electron chi connectivity index (χ0n) is 21.6. The van der Waals surface area contributed by atoms with Crippen LogP contribution in [0.4, 0.5) is 0 Å². The zero-order chi connectivity index (χ0) is 24.8. The molecule has 1 aromatic carbocycles. The number of hydrogen-bond acceptors (Lipinski definition) is 5. The molecule has 0 bridgehead atoms. The van der Waals surface area contributed by atoms with Gasteiger partial charge in [0.1, 0.15) is 0 Å². The SMILES string of the molecule is COC(=O)/C=C/c1ccc2c(c1)CCC2N(CCO[Si](C)(C)C(C)(C)C)CCc1ccncc1. The molecule has 0 amide bonds. The van der Waals surface area contributed by atoms with Crippen LogP contribution in [0.1, 0.15) is 55.5 Å². The van der Waals surface area contributed by atoms with Crippen molar-refractivity contribution in [3.05, 3.63) is 71.1 Å². The van der Waals surface area contributed by atoms with E-state index >= 15 is 0 Å². The fraction of sp³-hybridized carbons (Fsp3) is 0.500. The number of carbonyl (C=O) groups is 1. The average molecular weight is 481 g/mol. The minimum absolute atomic E-state index is 0.211. The summed E-state index contributed by atoms with van der Waals surface area (Å²) in [6.07, 6.45) is 10.2. The third-order valence-corrected chi connectivity index (χ3v) is 11.9. The first-order valence-electron chi connectivity index (χ1n) is 12.3. The third-order valence-electron chi connectivity index (χ3n) is 7.35. The van der Waals surface area contributed by atoms with Gasteiger partial charge in [0, 0.05) is 44.2 Å². The van der Waals surface area contributed by atoms with E-state index in [-0.39, 0.29) is 11.0 Å². The summed E-state index contributed by atoms with van der Waals surface area (Å²) in [4.78, 5) is 18.2. The molecule has 1 aromatic heterocycles. The Morgan fingerprint density at radius 2 is 1.91 bits per heavy atom. The van der Waals surface area contributed by atoms with Crippen molar-refractivity contribution in [2.45, 2.75) is 64.2 Å². The molecule has 1 heterocycles. The van der Waals surface area contributed by atoms with Crippen LogP contribution in [0, 0.1) is 0 Å². The Balaban J connectivity index is 1.74. The number of aromatic nitrogens is 1. The first-order valence-corrected chi connectivity index (χ1v) is 15.2. The monoisotopic (exact) mass is 480 g/mol. The number of carbonyl (C=O) groups excluding carboxylic acids is 1. The first-order chi connectivity index (χ1) is 16.1. The van der Waals surface area contributed by atoms with Crippen LogP contribution >= 0.6 is 0 Å². The van der Waals surface area contributed by atoms with Gasteiger partial charge in [-0.2, -0.15) is 0 Å². The molecule has 34 heavy (non-hydrogen) atoms. The molecule has 1 aliphatic carbocycles. The molecule has 184 valence electrons. The van der Waals surface area contributed by atoms with E-state index in [0.717, 1.165) is 44.5 Å². The van der Waals surface area contributed by atoms with Crippen LogP contribution in [0.3, 0.4) is 0 Å². The molecule has 5 nitrogen and oxygen atoms in total. The second-order valence-corrected chi connectivity index (χ2v) is 15.4. The Morgan fingerprint density at radius 1 is 1.18 bits per heavy atom. The van der Waals surface area contributed by atoms with Gasteiger partial charge in [-0.05, 0) is 77.9 Å². The maximum Gasteiger partial charge on any atom is 0.330 e. The van der Waals surface area contributed by atoms with Gasteiger partial charge < -0.3 is 9.16 Å². The summed E-state index contributed by atoms with van der Waals surface area (Å²) in [5, 5.41) is 0.211. The molecule has 0 spiro atoms. The molecule has 0 N–H and O–H groups in total. The van der Waals surface area contributed by atoms with Gasteiger partial charge in [0.15, 0.2) is 8.32 Å². The zero-order valence-corrected chi connectivity index (χ0v) is 22.6. The predicted octanol–water partition coefficient (Wildman–Crippen LogP) is 5.82. The normalized spacial score (nSPS) is 16.3. The van der Waals surface area contributed by atoms with Crippen LogP contribution in [0.5, 0.6) is 0 Å². The van der Waals surface area contributed by atoms with Crippen LogP contribution in [0.2, 0.25) is 18.1 Å². The quantitative estimate of drug-likeness (QED) is 0.244. The number of pyridine rings is 1. The van der Waals surface area contributed by atoms with Crippen molar-refractivity contribution in [3.63, 3.8) is 0 Å². The largest absolute Gasteiger partial charge is 0.466 e. The van der Waals surface area contributed by atoms with Crippen LogP contribution in [0.25, 0.3) is 6.08 Å². The second kappa shape index (κ2) is 11.4. The van der Waals surface area contributed by atoms with E-state index in [0.29, 0.717) is 6.04 Å². The highest BCUT2D eigenvalue weighted by Gasteiger charge is 2.37. The Kier molecular flexibility index (Phi) is 8.85. The summed E-state index contributed by atoms with van der Waals surface area (Å²) < 4.78 is 11.3. The van der Waals surface area contributed by atoms with Gasteiger partial charge in [0.25, 0.3) is 0 Å². The van der Waals surface area contributed by atoms with Crippen molar-refractivity contribution in [2.24, 2.45) is 0 Å². The average Bonchev–Trinajstić information content (AvgIpc) is 3.22. The number of hydrogen-bond donors (Lipinski definition) is 0. The van der Waals surface area contributed by atoms with E-state index in [1.807, 2.05) is 18.5 Å². The van der Waals surface area contributed by atoms with E-state index in [1.165, 1.54) is 29.9 Å². The molecular formula is C28H40N2O3Si. The number of methoxy groups -OCH3 is 1. The van der Waals surface area contributed by atoms with E-state index in [4.69, 9.17) is 9.16 Å². The predicted molar refractivity (Wildman–Crippen MR) is 141 cm³/mol. The molecule has 3 rings (SSSR count). The van der Waals surface area contributed by atoms with Crippen LogP contribution in [-0.2, 0) is 26.8 Å². The summed E-state index contributed by atoms with van der Waals surface area (Å²) in [6.45, 7) is 14.2. The molecule has 1 aliphatic rings. The Labute approximate surface area is 206 Å². The lowest BCUT2D eigenvalue weighted by Gasteiger charge is -2.37. The number of nitrogens with zero attached hydrogens (tertiary/aromatic N) is 2. The summed E-state index contributed by atoms with van der Waals surface area (Å²) in [5.41, 5.74) is 5.12. The number of esters is 1. The van der Waals surface area contributed by atoms with Gasteiger partial charge in [-0.15, -0.1) is 0 Å². The molecule has 1 atom stereocenters. The van der Waals surface area contributed by atoms with Gasteiger partial charge in [-0.3, -0.25) is 9.88 Å². The summed E-state index contributed by atoms with van der Waals surface area (Å²) in [5.74, 6) is -0.331. The highest BCUT2D eigenvalue weighted by Crippen LogP contribution is 2.38. The number of ether oxygens (including phenoxy) is 1. The van der Waals surface area contributed by atoms with Gasteiger partial charge in [0.05, 0.1) is 7.11 Å². The van der Waals surface area contributed by atoms with Crippen molar-refractivity contribution < 1.29 is 14.0 Å². The van der Waals surface area contributed by atoms with Crippen molar-refractivity contribution >= 4 is 20.4 Å². The lowest BCUT2D eigenvalue weighted by Crippen LogP contribution is -2.43. The smallest absolute Gasteiger partial charge is 0.330 e. The Morgan fingerprint density at radius 3 is 2.59 bits per heavy atom. The molecule has 0 aliphatic heterocycles. The number of fused-ring (bicyclic) bond motifs is 1. The molecule has 0 fully saturated rings. The van der Waals surface area contributed by atoms with Gasteiger partial charge in [0.2, 0.25) is 0 Å². The molecule has 0 radical (unpaired) electrons.